The highest BCUT2D eigenvalue weighted by Crippen LogP contribution is 2.31. The van der Waals surface area contributed by atoms with E-state index in [1.807, 2.05) is 49.4 Å². The van der Waals surface area contributed by atoms with Crippen LogP contribution in [0.2, 0.25) is 0 Å². The van der Waals surface area contributed by atoms with Gasteiger partial charge in [0.25, 0.3) is 15.9 Å². The van der Waals surface area contributed by atoms with Crippen LogP contribution >= 0.6 is 11.3 Å². The van der Waals surface area contributed by atoms with Gasteiger partial charge in [-0.05, 0) is 61.5 Å². The molecule has 0 saturated heterocycles. The summed E-state index contributed by atoms with van der Waals surface area (Å²) in [6, 6.07) is 28.4. The van der Waals surface area contributed by atoms with Crippen molar-refractivity contribution in [2.75, 3.05) is 10.0 Å². The fourth-order valence-electron chi connectivity index (χ4n) is 3.58. The molecule has 0 atom stereocenters. The zero-order valence-corrected chi connectivity index (χ0v) is 20.4. The van der Waals surface area contributed by atoms with Crippen molar-refractivity contribution in [1.29, 1.82) is 0 Å². The van der Waals surface area contributed by atoms with Gasteiger partial charge in [0.15, 0.2) is 0 Å². The van der Waals surface area contributed by atoms with Crippen LogP contribution in [-0.4, -0.2) is 19.3 Å². The Morgan fingerprint density at radius 2 is 1.57 bits per heavy atom. The molecule has 174 valence electrons. The Morgan fingerprint density at radius 1 is 0.829 bits per heavy atom. The van der Waals surface area contributed by atoms with Crippen LogP contribution in [0.25, 0.3) is 20.8 Å². The smallest absolute Gasteiger partial charge is 0.261 e. The molecule has 1 aromatic heterocycles. The molecule has 4 aromatic carbocycles. The lowest BCUT2D eigenvalue weighted by Crippen LogP contribution is -2.15. The number of para-hydroxylation sites is 1. The van der Waals surface area contributed by atoms with Gasteiger partial charge < -0.3 is 5.32 Å². The topological polar surface area (TPSA) is 88.2 Å². The van der Waals surface area contributed by atoms with E-state index in [2.05, 4.69) is 15.0 Å². The Bertz CT molecular complexity index is 1610. The number of nitrogens with one attached hydrogen (secondary N) is 2. The van der Waals surface area contributed by atoms with Crippen molar-refractivity contribution in [2.45, 2.75) is 11.8 Å². The molecular formula is C27H21N3O3S2. The largest absolute Gasteiger partial charge is 0.322 e. The molecule has 5 aromatic rings. The second-order valence-corrected chi connectivity index (χ2v) is 10.7. The molecule has 35 heavy (non-hydrogen) atoms. The molecular weight excluding hydrogens is 478 g/mol. The van der Waals surface area contributed by atoms with Crippen LogP contribution in [0, 0.1) is 6.92 Å². The van der Waals surface area contributed by atoms with Gasteiger partial charge in [0.2, 0.25) is 0 Å². The van der Waals surface area contributed by atoms with Gasteiger partial charge in [-0.15, -0.1) is 11.3 Å². The molecule has 0 bridgehead atoms. The van der Waals surface area contributed by atoms with Crippen LogP contribution in [0.4, 0.5) is 11.4 Å². The van der Waals surface area contributed by atoms with E-state index in [4.69, 9.17) is 0 Å². The predicted octanol–water partition coefficient (Wildman–Crippen LogP) is 6.32. The molecule has 6 nitrogen and oxygen atoms in total. The van der Waals surface area contributed by atoms with E-state index < -0.39 is 10.0 Å². The highest BCUT2D eigenvalue weighted by molar-refractivity contribution is 7.92. The number of sulfonamides is 1. The molecule has 1 amide bonds. The third-order valence-electron chi connectivity index (χ3n) is 5.37. The Labute approximate surface area is 207 Å². The first-order valence-electron chi connectivity index (χ1n) is 10.8. The SMILES string of the molecule is Cc1ccc(S(=O)(=O)Nc2cccc(C(=O)Nc3cccc(-c4nc5ccccc5s4)c3)c2)cc1. The highest BCUT2D eigenvalue weighted by atomic mass is 32.2. The lowest BCUT2D eigenvalue weighted by molar-refractivity contribution is 0.102. The molecule has 8 heteroatoms. The van der Waals surface area contributed by atoms with Gasteiger partial charge in [-0.2, -0.15) is 0 Å². The molecule has 0 aliphatic rings. The Morgan fingerprint density at radius 3 is 2.37 bits per heavy atom. The van der Waals surface area contributed by atoms with Crippen molar-refractivity contribution < 1.29 is 13.2 Å². The van der Waals surface area contributed by atoms with Gasteiger partial charge in [0.1, 0.15) is 5.01 Å². The molecule has 0 unspecified atom stereocenters. The fraction of sp³-hybridized carbons (Fsp3) is 0.0370. The Hall–Kier alpha value is -4.01. The number of thiazole rings is 1. The number of hydrogen-bond donors (Lipinski definition) is 2. The summed E-state index contributed by atoms with van der Waals surface area (Å²) in [6.07, 6.45) is 0. The van der Waals surface area contributed by atoms with Crippen LogP contribution in [0.5, 0.6) is 0 Å². The van der Waals surface area contributed by atoms with E-state index in [9.17, 15) is 13.2 Å². The number of carbonyl (C=O) groups excluding carboxylic acids is 1. The van der Waals surface area contributed by atoms with E-state index in [1.54, 1.807) is 59.9 Å². The summed E-state index contributed by atoms with van der Waals surface area (Å²) in [5.74, 6) is -0.345. The highest BCUT2D eigenvalue weighted by Gasteiger charge is 2.15. The van der Waals surface area contributed by atoms with Crippen LogP contribution in [0.15, 0.2) is 102 Å². The van der Waals surface area contributed by atoms with E-state index in [0.29, 0.717) is 16.9 Å². The molecule has 1 heterocycles. The minimum Gasteiger partial charge on any atom is -0.322 e. The van der Waals surface area contributed by atoms with Crippen molar-refractivity contribution in [3.8, 4) is 10.6 Å². The maximum absolute atomic E-state index is 12.9. The first-order valence-corrected chi connectivity index (χ1v) is 13.1. The predicted molar refractivity (Wildman–Crippen MR) is 141 cm³/mol. The van der Waals surface area contributed by atoms with Gasteiger partial charge in [-0.3, -0.25) is 9.52 Å². The third kappa shape index (κ3) is 5.08. The van der Waals surface area contributed by atoms with Gasteiger partial charge in [0, 0.05) is 22.5 Å². The minimum absolute atomic E-state index is 0.157. The maximum Gasteiger partial charge on any atom is 0.261 e. The maximum atomic E-state index is 12.9. The molecule has 0 saturated carbocycles. The normalized spacial score (nSPS) is 11.3. The number of anilines is 2. The van der Waals surface area contributed by atoms with Gasteiger partial charge in [-0.1, -0.05) is 48.0 Å². The van der Waals surface area contributed by atoms with E-state index in [-0.39, 0.29) is 10.8 Å². The molecule has 0 aliphatic carbocycles. The summed E-state index contributed by atoms with van der Waals surface area (Å²) in [5, 5.41) is 3.76. The first-order chi connectivity index (χ1) is 16.9. The monoisotopic (exact) mass is 499 g/mol. The van der Waals surface area contributed by atoms with Gasteiger partial charge >= 0.3 is 0 Å². The van der Waals surface area contributed by atoms with E-state index in [0.717, 1.165) is 26.4 Å². The molecule has 2 N–H and O–H groups in total. The molecule has 5 rings (SSSR count). The zero-order valence-electron chi connectivity index (χ0n) is 18.7. The van der Waals surface area contributed by atoms with Crippen molar-refractivity contribution in [3.05, 3.63) is 108 Å². The number of rotatable bonds is 6. The summed E-state index contributed by atoms with van der Waals surface area (Å²) < 4.78 is 29.1. The van der Waals surface area contributed by atoms with E-state index >= 15 is 0 Å². The van der Waals surface area contributed by atoms with Crippen molar-refractivity contribution >= 4 is 48.9 Å². The molecule has 0 fully saturated rings. The third-order valence-corrected chi connectivity index (χ3v) is 7.85. The summed E-state index contributed by atoms with van der Waals surface area (Å²) in [4.78, 5) is 17.8. The summed E-state index contributed by atoms with van der Waals surface area (Å²) in [7, 11) is -3.77. The second-order valence-electron chi connectivity index (χ2n) is 8.02. The first kappa shape index (κ1) is 22.8. The number of aryl methyl sites for hydroxylation is 1. The number of carbonyl (C=O) groups is 1. The minimum atomic E-state index is -3.77. The van der Waals surface area contributed by atoms with Crippen molar-refractivity contribution in [2.24, 2.45) is 0 Å². The average Bonchev–Trinajstić information content (AvgIpc) is 3.29. The van der Waals surface area contributed by atoms with Crippen molar-refractivity contribution in [1.82, 2.24) is 4.98 Å². The quantitative estimate of drug-likeness (QED) is 0.286. The molecule has 0 aliphatic heterocycles. The van der Waals surface area contributed by atoms with Crippen LogP contribution in [-0.2, 0) is 10.0 Å². The number of nitrogens with zero attached hydrogens (tertiary/aromatic N) is 1. The van der Waals surface area contributed by atoms with Crippen molar-refractivity contribution in [3.63, 3.8) is 0 Å². The standard InChI is InChI=1S/C27H21N3O3S2/c1-18-12-14-23(15-13-18)35(32,33)30-22-9-4-6-19(16-22)26(31)28-21-8-5-7-20(17-21)27-29-24-10-2-3-11-25(24)34-27/h2-17,30H,1H3,(H,28,31). The Balaban J connectivity index is 1.34. The molecule has 0 spiro atoms. The fourth-order valence-corrected chi connectivity index (χ4v) is 5.60. The number of benzene rings is 4. The lowest BCUT2D eigenvalue weighted by Gasteiger charge is -2.11. The van der Waals surface area contributed by atoms with Gasteiger partial charge in [-0.25, -0.2) is 13.4 Å². The van der Waals surface area contributed by atoms with Crippen LogP contribution in [0.1, 0.15) is 15.9 Å². The average molecular weight is 500 g/mol. The van der Waals surface area contributed by atoms with Crippen LogP contribution in [0.3, 0.4) is 0 Å². The van der Waals surface area contributed by atoms with E-state index in [1.165, 1.54) is 6.07 Å². The number of amides is 1. The number of fused-ring (bicyclic) bond motifs is 1. The summed E-state index contributed by atoms with van der Waals surface area (Å²) in [6.45, 7) is 1.89. The number of hydrogen-bond acceptors (Lipinski definition) is 5. The zero-order chi connectivity index (χ0) is 24.4. The second kappa shape index (κ2) is 9.32. The van der Waals surface area contributed by atoms with Crippen LogP contribution < -0.4 is 10.0 Å². The molecule has 0 radical (unpaired) electrons. The lowest BCUT2D eigenvalue weighted by atomic mass is 10.1. The number of aromatic nitrogens is 1. The van der Waals surface area contributed by atoms with Gasteiger partial charge in [0.05, 0.1) is 15.1 Å². The summed E-state index contributed by atoms with van der Waals surface area (Å²) in [5.41, 5.74) is 4.07. The Kier molecular flexibility index (Phi) is 6.07. The summed E-state index contributed by atoms with van der Waals surface area (Å²) >= 11 is 1.59.